The Morgan fingerprint density at radius 2 is 2.07 bits per heavy atom. The van der Waals surface area contributed by atoms with Gasteiger partial charge in [0.2, 0.25) is 5.91 Å². The molecule has 3 rings (SSSR count). The van der Waals surface area contributed by atoms with Crippen molar-refractivity contribution in [3.8, 4) is 0 Å². The van der Waals surface area contributed by atoms with E-state index in [1.807, 2.05) is 0 Å². The molecule has 0 aromatic heterocycles. The first-order valence-corrected chi connectivity index (χ1v) is 9.39. The Hall–Kier alpha value is -1.64. The quantitative estimate of drug-likeness (QED) is 0.816. The van der Waals surface area contributed by atoms with E-state index in [1.54, 1.807) is 6.07 Å². The van der Waals surface area contributed by atoms with Crippen molar-refractivity contribution in [2.24, 2.45) is 0 Å². The lowest BCUT2D eigenvalue weighted by molar-refractivity contribution is -0.137. The van der Waals surface area contributed by atoms with Crippen LogP contribution in [0.25, 0.3) is 0 Å². The third kappa shape index (κ3) is 6.19. The van der Waals surface area contributed by atoms with Gasteiger partial charge in [0, 0.05) is 44.7 Å². The molecule has 2 saturated heterocycles. The summed E-state index contributed by atoms with van der Waals surface area (Å²) in [4.78, 5) is 14.3. The zero-order valence-electron chi connectivity index (χ0n) is 15.2. The number of carbonyl (C=O) groups is 1. The van der Waals surface area contributed by atoms with Gasteiger partial charge in [0.15, 0.2) is 0 Å². The second kappa shape index (κ2) is 9.03. The molecule has 5 nitrogen and oxygen atoms in total. The number of hydrogen-bond donors (Lipinski definition) is 2. The molecule has 1 aromatic carbocycles. The first kappa shape index (κ1) is 20.1. The fourth-order valence-electron chi connectivity index (χ4n) is 3.60. The van der Waals surface area contributed by atoms with Gasteiger partial charge >= 0.3 is 6.18 Å². The Labute approximate surface area is 157 Å². The van der Waals surface area contributed by atoms with Gasteiger partial charge in [0.05, 0.1) is 18.8 Å². The molecule has 2 fully saturated rings. The summed E-state index contributed by atoms with van der Waals surface area (Å²) in [5, 5.41) is 6.33. The highest BCUT2D eigenvalue weighted by atomic mass is 19.4. The fraction of sp³-hybridized carbons (Fsp3) is 0.632. The highest BCUT2D eigenvalue weighted by molar-refractivity contribution is 5.76. The Morgan fingerprint density at radius 1 is 1.30 bits per heavy atom. The molecule has 0 saturated carbocycles. The van der Waals surface area contributed by atoms with Gasteiger partial charge in [-0.05, 0) is 24.5 Å². The number of carbonyl (C=O) groups excluding carboxylic acids is 1. The van der Waals surface area contributed by atoms with Crippen molar-refractivity contribution >= 4 is 5.91 Å². The van der Waals surface area contributed by atoms with Crippen LogP contribution >= 0.6 is 0 Å². The van der Waals surface area contributed by atoms with Crippen LogP contribution in [0.15, 0.2) is 24.3 Å². The largest absolute Gasteiger partial charge is 0.416 e. The summed E-state index contributed by atoms with van der Waals surface area (Å²) in [7, 11) is 0. The van der Waals surface area contributed by atoms with E-state index < -0.39 is 11.7 Å². The second-order valence-electron chi connectivity index (χ2n) is 7.25. The molecule has 2 aliphatic rings. The van der Waals surface area contributed by atoms with Crippen molar-refractivity contribution < 1.29 is 22.7 Å². The molecular weight excluding hydrogens is 359 g/mol. The highest BCUT2D eigenvalue weighted by Gasteiger charge is 2.30. The van der Waals surface area contributed by atoms with E-state index in [2.05, 4.69) is 15.5 Å². The summed E-state index contributed by atoms with van der Waals surface area (Å²) in [5.74, 6) is 0.0225. The number of rotatable bonds is 5. The number of halogens is 3. The summed E-state index contributed by atoms with van der Waals surface area (Å²) < 4.78 is 43.8. The van der Waals surface area contributed by atoms with Crippen LogP contribution in [0.1, 0.15) is 30.4 Å². The molecule has 0 radical (unpaired) electrons. The number of morpholine rings is 1. The van der Waals surface area contributed by atoms with Gasteiger partial charge in [-0.1, -0.05) is 18.2 Å². The molecule has 1 atom stereocenters. The van der Waals surface area contributed by atoms with Crippen LogP contribution in [-0.4, -0.2) is 55.7 Å². The van der Waals surface area contributed by atoms with Crippen molar-refractivity contribution in [3.05, 3.63) is 35.4 Å². The zero-order chi connectivity index (χ0) is 19.3. The maximum Gasteiger partial charge on any atom is 0.416 e. The number of hydrogen-bond acceptors (Lipinski definition) is 4. The molecule has 27 heavy (non-hydrogen) atoms. The number of nitrogens with zero attached hydrogens (tertiary/aromatic N) is 1. The molecule has 1 aromatic rings. The Kier molecular flexibility index (Phi) is 6.73. The van der Waals surface area contributed by atoms with E-state index in [0.717, 1.165) is 38.5 Å². The molecule has 0 aliphatic carbocycles. The van der Waals surface area contributed by atoms with E-state index in [4.69, 9.17) is 4.74 Å². The summed E-state index contributed by atoms with van der Waals surface area (Å²) >= 11 is 0. The number of likely N-dealkylation sites (tertiary alicyclic amines) is 1. The lowest BCUT2D eigenvalue weighted by atomic mass is 10.0. The second-order valence-corrected chi connectivity index (χ2v) is 7.25. The van der Waals surface area contributed by atoms with Gasteiger partial charge in [0.1, 0.15) is 0 Å². The van der Waals surface area contributed by atoms with Crippen molar-refractivity contribution in [2.75, 3.05) is 32.8 Å². The van der Waals surface area contributed by atoms with Crippen molar-refractivity contribution in [2.45, 2.75) is 44.1 Å². The first-order chi connectivity index (χ1) is 12.9. The van der Waals surface area contributed by atoms with Gasteiger partial charge in [-0.3, -0.25) is 9.69 Å². The zero-order valence-corrected chi connectivity index (χ0v) is 15.2. The van der Waals surface area contributed by atoms with Crippen LogP contribution in [0.3, 0.4) is 0 Å². The number of piperidine rings is 1. The lowest BCUT2D eigenvalue weighted by Crippen LogP contribution is -2.48. The standard InChI is InChI=1S/C19H26F3N3O2/c20-19(21,22)15-3-1-2-14(10-15)12-25-7-4-16(5-8-25)24-18(26)11-17-13-27-9-6-23-17/h1-3,10,16-17,23H,4-9,11-13H2,(H,24,26). The van der Waals surface area contributed by atoms with Crippen LogP contribution < -0.4 is 10.6 Å². The number of benzene rings is 1. The van der Waals surface area contributed by atoms with E-state index in [0.29, 0.717) is 31.7 Å². The number of ether oxygens (including phenoxy) is 1. The van der Waals surface area contributed by atoms with Crippen molar-refractivity contribution in [1.29, 1.82) is 0 Å². The average molecular weight is 385 g/mol. The predicted octanol–water partition coefficient (Wildman–Crippen LogP) is 2.16. The molecule has 2 heterocycles. The molecular formula is C19H26F3N3O2. The van der Waals surface area contributed by atoms with E-state index in [-0.39, 0.29) is 18.0 Å². The summed E-state index contributed by atoms with van der Waals surface area (Å²) in [6.45, 7) is 4.02. The lowest BCUT2D eigenvalue weighted by Gasteiger charge is -2.33. The van der Waals surface area contributed by atoms with Gasteiger partial charge in [-0.2, -0.15) is 13.2 Å². The minimum atomic E-state index is -4.31. The number of amides is 1. The van der Waals surface area contributed by atoms with Gasteiger partial charge < -0.3 is 15.4 Å². The molecule has 150 valence electrons. The van der Waals surface area contributed by atoms with Crippen LogP contribution in [-0.2, 0) is 22.3 Å². The minimum absolute atomic E-state index is 0.0225. The number of alkyl halides is 3. The van der Waals surface area contributed by atoms with Crippen LogP contribution in [0.2, 0.25) is 0 Å². The molecule has 2 aliphatic heterocycles. The average Bonchev–Trinajstić information content (AvgIpc) is 2.64. The third-order valence-electron chi connectivity index (χ3n) is 5.04. The highest BCUT2D eigenvalue weighted by Crippen LogP contribution is 2.30. The number of nitrogens with one attached hydrogen (secondary N) is 2. The van der Waals surface area contributed by atoms with E-state index in [1.165, 1.54) is 12.1 Å². The summed E-state index contributed by atoms with van der Waals surface area (Å²) in [6, 6.07) is 5.68. The maximum absolute atomic E-state index is 12.8. The first-order valence-electron chi connectivity index (χ1n) is 9.39. The van der Waals surface area contributed by atoms with Crippen molar-refractivity contribution in [1.82, 2.24) is 15.5 Å². The topological polar surface area (TPSA) is 53.6 Å². The normalized spacial score (nSPS) is 22.6. The molecule has 1 amide bonds. The van der Waals surface area contributed by atoms with Gasteiger partial charge in [-0.15, -0.1) is 0 Å². The predicted molar refractivity (Wildman–Crippen MR) is 95.1 cm³/mol. The summed E-state index contributed by atoms with van der Waals surface area (Å²) in [6.07, 6.45) is -2.30. The van der Waals surface area contributed by atoms with Crippen LogP contribution in [0, 0.1) is 0 Å². The fourth-order valence-corrected chi connectivity index (χ4v) is 3.60. The molecule has 1 unspecified atom stereocenters. The maximum atomic E-state index is 12.8. The van der Waals surface area contributed by atoms with Crippen molar-refractivity contribution in [3.63, 3.8) is 0 Å². The Morgan fingerprint density at radius 3 is 2.74 bits per heavy atom. The van der Waals surface area contributed by atoms with Crippen LogP contribution in [0.5, 0.6) is 0 Å². The Bertz CT molecular complexity index is 625. The smallest absolute Gasteiger partial charge is 0.378 e. The minimum Gasteiger partial charge on any atom is -0.378 e. The summed E-state index contributed by atoms with van der Waals surface area (Å²) in [5.41, 5.74) is 0.0538. The van der Waals surface area contributed by atoms with Crippen LogP contribution in [0.4, 0.5) is 13.2 Å². The van der Waals surface area contributed by atoms with E-state index >= 15 is 0 Å². The van der Waals surface area contributed by atoms with Gasteiger partial charge in [-0.25, -0.2) is 0 Å². The molecule has 0 bridgehead atoms. The molecule has 8 heteroatoms. The third-order valence-corrected chi connectivity index (χ3v) is 5.04. The van der Waals surface area contributed by atoms with Gasteiger partial charge in [0.25, 0.3) is 0 Å². The van der Waals surface area contributed by atoms with E-state index in [9.17, 15) is 18.0 Å². The Balaban J connectivity index is 1.42. The molecule has 2 N–H and O–H groups in total. The molecule has 0 spiro atoms. The SMILES string of the molecule is O=C(CC1COCCN1)NC1CCN(Cc2cccc(C(F)(F)F)c2)CC1. The monoisotopic (exact) mass is 385 g/mol.